The lowest BCUT2D eigenvalue weighted by molar-refractivity contribution is -0.137. The second kappa shape index (κ2) is 7.74. The lowest BCUT2D eigenvalue weighted by atomic mass is 10.3. The second-order valence-electron chi connectivity index (χ2n) is 5.72. The maximum absolute atomic E-state index is 11.6. The van der Waals surface area contributed by atoms with Crippen LogP contribution in [-0.4, -0.2) is 26.8 Å². The highest BCUT2D eigenvalue weighted by Crippen LogP contribution is 2.08. The molecular weight excluding hydrogens is 268 g/mol. The summed E-state index contributed by atoms with van der Waals surface area (Å²) in [5.41, 5.74) is 0.936. The number of anilines is 1. The van der Waals surface area contributed by atoms with Crippen molar-refractivity contribution < 1.29 is 9.53 Å². The van der Waals surface area contributed by atoms with E-state index in [1.54, 1.807) is 6.92 Å². The number of nitrogens with one attached hydrogen (secondary N) is 2. The van der Waals surface area contributed by atoms with Crippen molar-refractivity contribution in [3.63, 3.8) is 0 Å². The summed E-state index contributed by atoms with van der Waals surface area (Å²) in [5.74, 6) is 0.339. The molecular formula is C15H24N2O2Si. The molecule has 2 N–H and O–H groups in total. The summed E-state index contributed by atoms with van der Waals surface area (Å²) in [6, 6.07) is 9.76. The van der Waals surface area contributed by atoms with Crippen molar-refractivity contribution in [3.05, 3.63) is 42.2 Å². The summed E-state index contributed by atoms with van der Waals surface area (Å²) < 4.78 is 4.96. The second-order valence-corrected chi connectivity index (χ2v) is 11.2. The largest absolute Gasteiger partial charge is 0.463 e. The topological polar surface area (TPSA) is 50.4 Å². The molecule has 0 aliphatic heterocycles. The van der Waals surface area contributed by atoms with Crippen LogP contribution >= 0.6 is 0 Å². The van der Waals surface area contributed by atoms with E-state index < -0.39 is 8.07 Å². The van der Waals surface area contributed by atoms with Crippen LogP contribution in [0.2, 0.25) is 19.6 Å². The summed E-state index contributed by atoms with van der Waals surface area (Å²) in [7, 11) is -1.25. The van der Waals surface area contributed by atoms with Gasteiger partial charge >= 0.3 is 5.97 Å². The van der Waals surface area contributed by atoms with Crippen molar-refractivity contribution in [1.82, 2.24) is 5.32 Å². The number of para-hydroxylation sites is 1. The molecule has 0 unspecified atom stereocenters. The van der Waals surface area contributed by atoms with Crippen LogP contribution in [0.5, 0.6) is 0 Å². The highest BCUT2D eigenvalue weighted by Gasteiger charge is 2.13. The molecule has 0 amide bonds. The third kappa shape index (κ3) is 6.99. The van der Waals surface area contributed by atoms with Crippen molar-refractivity contribution in [3.8, 4) is 0 Å². The molecule has 5 heteroatoms. The van der Waals surface area contributed by atoms with Gasteiger partial charge in [0.15, 0.2) is 0 Å². The van der Waals surface area contributed by atoms with Gasteiger partial charge in [-0.25, -0.2) is 4.79 Å². The van der Waals surface area contributed by atoms with Crippen LogP contribution in [-0.2, 0) is 9.53 Å². The normalized spacial score (nSPS) is 11.9. The molecule has 0 aromatic heterocycles. The van der Waals surface area contributed by atoms with Gasteiger partial charge in [0, 0.05) is 11.9 Å². The van der Waals surface area contributed by atoms with Gasteiger partial charge < -0.3 is 15.4 Å². The Bertz CT molecular complexity index is 453. The smallest absolute Gasteiger partial charge is 0.334 e. The molecule has 1 aromatic carbocycles. The molecule has 0 radical (unpaired) electrons. The average molecular weight is 292 g/mol. The first-order valence-corrected chi connectivity index (χ1v) is 10.6. The van der Waals surface area contributed by atoms with Crippen molar-refractivity contribution in [2.75, 3.05) is 18.1 Å². The number of benzene rings is 1. The Labute approximate surface area is 122 Å². The first-order valence-electron chi connectivity index (χ1n) is 6.85. The quantitative estimate of drug-likeness (QED) is 0.461. The summed E-state index contributed by atoms with van der Waals surface area (Å²) >= 11 is 0. The fraction of sp³-hybridized carbons (Fsp3) is 0.400. The number of carbonyl (C=O) groups excluding carboxylic acids is 1. The fourth-order valence-corrected chi connectivity index (χ4v) is 2.19. The van der Waals surface area contributed by atoms with Crippen LogP contribution in [0.15, 0.2) is 42.2 Å². The van der Waals surface area contributed by atoms with Crippen LogP contribution < -0.4 is 10.6 Å². The summed E-state index contributed by atoms with van der Waals surface area (Å²) in [6.07, 6.45) is 2.36. The number of hydrogen-bond donors (Lipinski definition) is 2. The zero-order valence-electron chi connectivity index (χ0n) is 12.7. The summed E-state index contributed by atoms with van der Waals surface area (Å²) in [4.78, 5) is 11.6. The maximum Gasteiger partial charge on any atom is 0.334 e. The van der Waals surface area contributed by atoms with Gasteiger partial charge in [-0.1, -0.05) is 37.8 Å². The van der Waals surface area contributed by atoms with Gasteiger partial charge in [-0.15, -0.1) is 0 Å². The first-order chi connectivity index (χ1) is 9.40. The molecule has 110 valence electrons. The van der Waals surface area contributed by atoms with Crippen molar-refractivity contribution in [1.29, 1.82) is 0 Å². The van der Waals surface area contributed by atoms with E-state index >= 15 is 0 Å². The predicted molar refractivity (Wildman–Crippen MR) is 86.1 cm³/mol. The Balaban J connectivity index is 2.76. The number of hydrogen-bond acceptors (Lipinski definition) is 4. The van der Waals surface area contributed by atoms with Gasteiger partial charge in [-0.05, 0) is 19.1 Å². The Morgan fingerprint density at radius 2 is 1.90 bits per heavy atom. The number of ether oxygens (including phenoxy) is 1. The molecule has 0 aliphatic carbocycles. The van der Waals surface area contributed by atoms with Gasteiger partial charge in [0.2, 0.25) is 0 Å². The van der Waals surface area contributed by atoms with Gasteiger partial charge in [0.1, 0.15) is 5.82 Å². The van der Waals surface area contributed by atoms with Gasteiger partial charge in [-0.2, -0.15) is 0 Å². The fourth-order valence-electron chi connectivity index (χ4n) is 1.47. The third-order valence-corrected chi connectivity index (χ3v) is 3.65. The predicted octanol–water partition coefficient (Wildman–Crippen LogP) is 2.97. The molecule has 1 rings (SSSR count). The minimum absolute atomic E-state index is 0.339. The molecule has 0 atom stereocenters. The standard InChI is InChI=1S/C15H24N2O2Si/c1-5-19-15(18)11-14(16-12-20(2,3)4)17-13-9-7-6-8-10-13/h6-11,16-17H,5,12H2,1-4H3. The van der Waals surface area contributed by atoms with Crippen molar-refractivity contribution in [2.45, 2.75) is 26.6 Å². The highest BCUT2D eigenvalue weighted by molar-refractivity contribution is 6.76. The summed E-state index contributed by atoms with van der Waals surface area (Å²) in [5, 5.41) is 6.52. The lowest BCUT2D eigenvalue weighted by Crippen LogP contribution is -2.38. The van der Waals surface area contributed by atoms with Crippen molar-refractivity contribution >= 4 is 19.7 Å². The molecule has 0 heterocycles. The average Bonchev–Trinajstić information content (AvgIpc) is 2.36. The van der Waals surface area contributed by atoms with Crippen LogP contribution in [0.3, 0.4) is 0 Å². The van der Waals surface area contributed by atoms with E-state index in [1.165, 1.54) is 6.08 Å². The summed E-state index contributed by atoms with van der Waals surface area (Å²) in [6.45, 7) is 8.98. The molecule has 20 heavy (non-hydrogen) atoms. The van der Waals surface area contributed by atoms with Gasteiger partial charge in [-0.3, -0.25) is 0 Å². The van der Waals surface area contributed by atoms with E-state index in [0.29, 0.717) is 12.4 Å². The van der Waals surface area contributed by atoms with E-state index in [9.17, 15) is 4.79 Å². The van der Waals surface area contributed by atoms with E-state index in [0.717, 1.165) is 11.9 Å². The molecule has 0 saturated carbocycles. The number of esters is 1. The Morgan fingerprint density at radius 1 is 1.25 bits per heavy atom. The molecule has 0 bridgehead atoms. The first kappa shape index (κ1) is 16.3. The molecule has 0 saturated heterocycles. The zero-order chi connectivity index (χ0) is 15.0. The monoisotopic (exact) mass is 292 g/mol. The van der Waals surface area contributed by atoms with Gasteiger partial charge in [0.25, 0.3) is 0 Å². The number of carbonyl (C=O) groups is 1. The van der Waals surface area contributed by atoms with Crippen LogP contribution in [0.4, 0.5) is 5.69 Å². The van der Waals surface area contributed by atoms with Crippen molar-refractivity contribution in [2.24, 2.45) is 0 Å². The SMILES string of the molecule is CCOC(=O)C=C(NC[Si](C)(C)C)Nc1ccccc1. The Hall–Kier alpha value is -1.75. The minimum atomic E-state index is -1.25. The minimum Gasteiger partial charge on any atom is -0.463 e. The van der Waals surface area contributed by atoms with Gasteiger partial charge in [0.05, 0.1) is 20.8 Å². The molecule has 1 aromatic rings. The molecule has 0 fully saturated rings. The van der Waals surface area contributed by atoms with E-state index in [1.807, 2.05) is 30.3 Å². The highest BCUT2D eigenvalue weighted by atomic mass is 28.3. The Kier molecular flexibility index (Phi) is 6.31. The van der Waals surface area contributed by atoms with E-state index in [-0.39, 0.29) is 5.97 Å². The van der Waals surface area contributed by atoms with E-state index in [2.05, 4.69) is 30.3 Å². The van der Waals surface area contributed by atoms with E-state index in [4.69, 9.17) is 4.74 Å². The van der Waals surface area contributed by atoms with Crippen LogP contribution in [0, 0.1) is 0 Å². The molecule has 4 nitrogen and oxygen atoms in total. The zero-order valence-corrected chi connectivity index (χ0v) is 13.7. The Morgan fingerprint density at radius 3 is 2.45 bits per heavy atom. The third-order valence-electron chi connectivity index (χ3n) is 2.41. The molecule has 0 aliphatic rings. The lowest BCUT2D eigenvalue weighted by Gasteiger charge is -2.20. The molecule has 0 spiro atoms. The van der Waals surface area contributed by atoms with Crippen LogP contribution in [0.25, 0.3) is 0 Å². The maximum atomic E-state index is 11.6. The van der Waals surface area contributed by atoms with Crippen LogP contribution in [0.1, 0.15) is 6.92 Å². The number of rotatable bonds is 7.